The zero-order chi connectivity index (χ0) is 43.7. The van der Waals surface area contributed by atoms with Crippen molar-refractivity contribution in [1.29, 1.82) is 0 Å². The van der Waals surface area contributed by atoms with Crippen molar-refractivity contribution in [2.24, 2.45) is 0 Å². The zero-order valence-corrected chi connectivity index (χ0v) is 39.2. The van der Waals surface area contributed by atoms with E-state index in [-0.39, 0.29) is 31.1 Å². The molecule has 1 atom stereocenters. The topological polar surface area (TPSA) is 78.9 Å². The summed E-state index contributed by atoms with van der Waals surface area (Å²) in [6, 6.07) is 0. The maximum Gasteiger partial charge on any atom is 0.306 e. The summed E-state index contributed by atoms with van der Waals surface area (Å²) in [5.41, 5.74) is 0. The molecule has 0 spiro atoms. The van der Waals surface area contributed by atoms with E-state index >= 15 is 0 Å². The number of carbonyl (C=O) groups is 3. The van der Waals surface area contributed by atoms with Gasteiger partial charge in [0.1, 0.15) is 13.2 Å². The lowest BCUT2D eigenvalue weighted by Crippen LogP contribution is -2.30. The summed E-state index contributed by atoms with van der Waals surface area (Å²) in [7, 11) is 0. The van der Waals surface area contributed by atoms with Crippen molar-refractivity contribution in [3.05, 3.63) is 72.9 Å². The molecule has 6 nitrogen and oxygen atoms in total. The molecule has 0 rings (SSSR count). The number of carbonyl (C=O) groups excluding carboxylic acids is 3. The van der Waals surface area contributed by atoms with E-state index < -0.39 is 6.10 Å². The maximum atomic E-state index is 12.8. The molecule has 0 aliphatic carbocycles. The van der Waals surface area contributed by atoms with Crippen molar-refractivity contribution in [1.82, 2.24) is 0 Å². The van der Waals surface area contributed by atoms with Gasteiger partial charge in [-0.1, -0.05) is 184 Å². The molecule has 0 N–H and O–H groups in total. The number of ether oxygens (including phenoxy) is 3. The highest BCUT2D eigenvalue weighted by Gasteiger charge is 2.19. The smallest absolute Gasteiger partial charge is 0.306 e. The molecule has 0 aromatic carbocycles. The van der Waals surface area contributed by atoms with Crippen molar-refractivity contribution in [3.63, 3.8) is 0 Å². The van der Waals surface area contributed by atoms with Gasteiger partial charge in [-0.15, -0.1) is 0 Å². The fraction of sp³-hybridized carbons (Fsp3) is 0.722. The van der Waals surface area contributed by atoms with Crippen LogP contribution < -0.4 is 0 Å². The highest BCUT2D eigenvalue weighted by atomic mass is 16.6. The number of hydrogen-bond donors (Lipinski definition) is 0. The van der Waals surface area contributed by atoms with Gasteiger partial charge in [0.05, 0.1) is 0 Å². The van der Waals surface area contributed by atoms with E-state index in [0.717, 1.165) is 116 Å². The third-order valence-electron chi connectivity index (χ3n) is 10.4. The van der Waals surface area contributed by atoms with E-state index in [1.165, 1.54) is 77.0 Å². The Morgan fingerprint density at radius 2 is 0.667 bits per heavy atom. The van der Waals surface area contributed by atoms with Gasteiger partial charge in [-0.3, -0.25) is 14.4 Å². The Balaban J connectivity index is 4.43. The van der Waals surface area contributed by atoms with Crippen LogP contribution in [0.25, 0.3) is 0 Å². The summed E-state index contributed by atoms with van der Waals surface area (Å²) >= 11 is 0. The number of unbranched alkanes of at least 4 members (excludes halogenated alkanes) is 21. The molecule has 6 heteroatoms. The lowest BCUT2D eigenvalue weighted by Gasteiger charge is -2.18. The minimum atomic E-state index is -0.791. The molecule has 0 fully saturated rings. The van der Waals surface area contributed by atoms with E-state index in [1.54, 1.807) is 0 Å². The van der Waals surface area contributed by atoms with Crippen LogP contribution in [0.4, 0.5) is 0 Å². The normalized spacial score (nSPS) is 12.7. The summed E-state index contributed by atoms with van der Waals surface area (Å²) in [6.45, 7) is 6.43. The molecule has 0 saturated carbocycles. The molecular formula is C54H92O6. The van der Waals surface area contributed by atoms with Crippen LogP contribution in [0.2, 0.25) is 0 Å². The minimum absolute atomic E-state index is 0.0915. The second-order valence-corrected chi connectivity index (χ2v) is 16.3. The lowest BCUT2D eigenvalue weighted by atomic mass is 10.1. The van der Waals surface area contributed by atoms with E-state index in [0.29, 0.717) is 19.3 Å². The Hall–Kier alpha value is -3.15. The number of allylic oxidation sites excluding steroid dienone is 12. The summed E-state index contributed by atoms with van der Waals surface area (Å²) in [6.07, 6.45) is 60.2. The van der Waals surface area contributed by atoms with Crippen molar-refractivity contribution < 1.29 is 28.6 Å². The molecular weight excluding hydrogens is 745 g/mol. The van der Waals surface area contributed by atoms with Crippen molar-refractivity contribution in [2.45, 2.75) is 239 Å². The van der Waals surface area contributed by atoms with Crippen LogP contribution in [0.1, 0.15) is 233 Å². The third kappa shape index (κ3) is 45.9. The fourth-order valence-electron chi connectivity index (χ4n) is 6.64. The van der Waals surface area contributed by atoms with Gasteiger partial charge in [0, 0.05) is 19.3 Å². The predicted octanol–water partition coefficient (Wildman–Crippen LogP) is 16.3. The van der Waals surface area contributed by atoms with Gasteiger partial charge < -0.3 is 14.2 Å². The quantitative estimate of drug-likeness (QED) is 0.0263. The Bertz CT molecular complexity index is 1140. The second-order valence-electron chi connectivity index (χ2n) is 16.3. The van der Waals surface area contributed by atoms with E-state index in [1.807, 2.05) is 0 Å². The van der Waals surface area contributed by atoms with Crippen LogP contribution in [-0.2, 0) is 28.6 Å². The van der Waals surface area contributed by atoms with Crippen LogP contribution in [0.15, 0.2) is 72.9 Å². The molecule has 0 heterocycles. The van der Waals surface area contributed by atoms with Crippen LogP contribution >= 0.6 is 0 Å². The van der Waals surface area contributed by atoms with Gasteiger partial charge in [-0.25, -0.2) is 0 Å². The Morgan fingerprint density at radius 3 is 1.08 bits per heavy atom. The molecule has 0 aromatic heterocycles. The van der Waals surface area contributed by atoms with Gasteiger partial charge >= 0.3 is 17.9 Å². The summed E-state index contributed by atoms with van der Waals surface area (Å²) in [5.74, 6) is -0.935. The molecule has 60 heavy (non-hydrogen) atoms. The molecule has 0 aliphatic heterocycles. The average molecular weight is 837 g/mol. The first-order chi connectivity index (χ1) is 29.5. The minimum Gasteiger partial charge on any atom is -0.462 e. The van der Waals surface area contributed by atoms with Crippen LogP contribution in [0, 0.1) is 0 Å². The number of esters is 3. The zero-order valence-electron chi connectivity index (χ0n) is 39.2. The first-order valence-electron chi connectivity index (χ1n) is 24.9. The van der Waals surface area contributed by atoms with Crippen LogP contribution in [0.5, 0.6) is 0 Å². The van der Waals surface area contributed by atoms with Crippen molar-refractivity contribution >= 4 is 17.9 Å². The van der Waals surface area contributed by atoms with Gasteiger partial charge in [0.15, 0.2) is 6.10 Å². The lowest BCUT2D eigenvalue weighted by molar-refractivity contribution is -0.167. The Kier molecular flexibility index (Phi) is 46.0. The largest absolute Gasteiger partial charge is 0.462 e. The van der Waals surface area contributed by atoms with E-state index in [9.17, 15) is 14.4 Å². The number of rotatable bonds is 44. The SMILES string of the molecule is CC/C=C\C/C=C\C/C=C\C/C=C\CCCCCCC(=O)OCC(COC(=O)CCCCCCC/C=C\CCCC)OC(=O)CCCCCCC/C=C\CCCCCCC. The van der Waals surface area contributed by atoms with Gasteiger partial charge in [-0.2, -0.15) is 0 Å². The van der Waals surface area contributed by atoms with Crippen molar-refractivity contribution in [3.8, 4) is 0 Å². The summed E-state index contributed by atoms with van der Waals surface area (Å²) < 4.78 is 16.7. The molecule has 0 bridgehead atoms. The van der Waals surface area contributed by atoms with Crippen molar-refractivity contribution in [2.75, 3.05) is 13.2 Å². The molecule has 0 saturated heterocycles. The second kappa shape index (κ2) is 48.5. The van der Waals surface area contributed by atoms with Gasteiger partial charge in [0.2, 0.25) is 0 Å². The summed E-state index contributed by atoms with van der Waals surface area (Å²) in [4.78, 5) is 37.9. The maximum absolute atomic E-state index is 12.8. The monoisotopic (exact) mass is 837 g/mol. The fourth-order valence-corrected chi connectivity index (χ4v) is 6.64. The van der Waals surface area contributed by atoms with E-state index in [2.05, 4.69) is 93.7 Å². The molecule has 0 amide bonds. The first-order valence-corrected chi connectivity index (χ1v) is 24.9. The van der Waals surface area contributed by atoms with Gasteiger partial charge in [0.25, 0.3) is 0 Å². The Labute approximate surface area is 370 Å². The Morgan fingerprint density at radius 1 is 0.350 bits per heavy atom. The van der Waals surface area contributed by atoms with Gasteiger partial charge in [-0.05, 0) is 103 Å². The highest BCUT2D eigenvalue weighted by molar-refractivity contribution is 5.71. The molecule has 0 radical (unpaired) electrons. The molecule has 0 aliphatic rings. The van der Waals surface area contributed by atoms with Crippen LogP contribution in [0.3, 0.4) is 0 Å². The molecule has 1 unspecified atom stereocenters. The van der Waals surface area contributed by atoms with Crippen LogP contribution in [-0.4, -0.2) is 37.2 Å². The number of hydrogen-bond acceptors (Lipinski definition) is 6. The van der Waals surface area contributed by atoms with E-state index in [4.69, 9.17) is 14.2 Å². The molecule has 344 valence electrons. The highest BCUT2D eigenvalue weighted by Crippen LogP contribution is 2.13. The first kappa shape index (κ1) is 56.9. The molecule has 0 aromatic rings. The third-order valence-corrected chi connectivity index (χ3v) is 10.4. The standard InChI is InChI=1S/C54H92O6/c1-4-7-10-13-16-19-22-24-26-27-28-30-32-35-38-41-44-47-53(56)59-50-51(49-58-52(55)46-43-40-37-34-31-21-18-15-12-9-6-3)60-54(57)48-45-42-39-36-33-29-25-23-20-17-14-11-8-5-2/h7,10,15-16,18-19,23-26,28,30,51H,4-6,8-9,11-14,17,20-22,27,29,31-50H2,1-3H3/b10-7-,18-15-,19-16-,25-23-,26-24-,30-28-. The summed E-state index contributed by atoms with van der Waals surface area (Å²) in [5, 5.41) is 0. The predicted molar refractivity (Wildman–Crippen MR) is 256 cm³/mol. The average Bonchev–Trinajstić information content (AvgIpc) is 3.24.